The molecule has 0 aliphatic carbocycles. The molecule has 36 heavy (non-hydrogen) atoms. The van der Waals surface area contributed by atoms with E-state index in [4.69, 9.17) is 15.2 Å². The first-order valence-corrected chi connectivity index (χ1v) is 11.1. The number of halogens is 1. The molecule has 0 fully saturated rings. The van der Waals surface area contributed by atoms with E-state index in [9.17, 15) is 14.0 Å². The monoisotopic (exact) mass is 490 g/mol. The van der Waals surface area contributed by atoms with Crippen molar-refractivity contribution in [2.24, 2.45) is 0 Å². The molecule has 0 unspecified atom stereocenters. The molecule has 1 amide bonds. The molecule has 5 rings (SSSR count). The predicted octanol–water partition coefficient (Wildman–Crippen LogP) is 3.10. The summed E-state index contributed by atoms with van der Waals surface area (Å²) in [6.45, 7) is 0.423. The van der Waals surface area contributed by atoms with Gasteiger partial charge in [0, 0.05) is 42.8 Å². The molecule has 0 spiro atoms. The number of fused-ring (bicyclic) bond motifs is 1. The Morgan fingerprint density at radius 1 is 1.22 bits per heavy atom. The Hall–Kier alpha value is -4.80. The Morgan fingerprint density at radius 2 is 2.08 bits per heavy atom. The molecule has 1 aromatic carbocycles. The number of amides is 1. The number of aromatic nitrogens is 3. The SMILES string of the molecule is COc1c(F)cccc1Nc1c(-c2ccncc2OCc2c[nH]cc(N)c2=O)[nH]c2c1C(=O)NCC2. The summed E-state index contributed by atoms with van der Waals surface area (Å²) in [5, 5.41) is 6.03. The lowest BCUT2D eigenvalue weighted by Crippen LogP contribution is -2.31. The van der Waals surface area contributed by atoms with E-state index in [-0.39, 0.29) is 29.4 Å². The fourth-order valence-corrected chi connectivity index (χ4v) is 4.17. The van der Waals surface area contributed by atoms with Crippen LogP contribution in [0.15, 0.2) is 53.8 Å². The maximum absolute atomic E-state index is 14.4. The molecule has 0 bridgehead atoms. The third-order valence-corrected chi connectivity index (χ3v) is 5.88. The first-order valence-electron chi connectivity index (χ1n) is 11.1. The van der Waals surface area contributed by atoms with Gasteiger partial charge in [0.25, 0.3) is 5.91 Å². The number of nitrogen functional groups attached to an aromatic ring is 1. The highest BCUT2D eigenvalue weighted by Crippen LogP contribution is 2.42. The van der Waals surface area contributed by atoms with Gasteiger partial charge in [-0.25, -0.2) is 4.39 Å². The third-order valence-electron chi connectivity index (χ3n) is 5.88. The summed E-state index contributed by atoms with van der Waals surface area (Å²) in [6, 6.07) is 6.21. The van der Waals surface area contributed by atoms with Crippen LogP contribution in [0.1, 0.15) is 21.6 Å². The second-order valence-corrected chi connectivity index (χ2v) is 8.11. The molecule has 4 heterocycles. The lowest BCUT2D eigenvalue weighted by atomic mass is 10.0. The van der Waals surface area contributed by atoms with Crippen molar-refractivity contribution < 1.29 is 18.7 Å². The molecule has 0 saturated heterocycles. The maximum atomic E-state index is 14.4. The topological polar surface area (TPSA) is 147 Å². The van der Waals surface area contributed by atoms with Crippen LogP contribution in [0.4, 0.5) is 21.5 Å². The average molecular weight is 490 g/mol. The maximum Gasteiger partial charge on any atom is 0.255 e. The summed E-state index contributed by atoms with van der Waals surface area (Å²) in [5.41, 5.74) is 8.86. The number of nitrogens with zero attached hydrogens (tertiary/aromatic N) is 1. The zero-order valence-corrected chi connectivity index (χ0v) is 19.3. The van der Waals surface area contributed by atoms with Crippen molar-refractivity contribution in [2.75, 3.05) is 24.7 Å². The highest BCUT2D eigenvalue weighted by molar-refractivity contribution is 6.06. The van der Waals surface area contributed by atoms with Crippen molar-refractivity contribution in [3.05, 3.63) is 81.9 Å². The second-order valence-electron chi connectivity index (χ2n) is 8.11. The van der Waals surface area contributed by atoms with Crippen LogP contribution in [0.3, 0.4) is 0 Å². The van der Waals surface area contributed by atoms with Crippen LogP contribution in [-0.2, 0) is 13.0 Å². The molecule has 1 aliphatic heterocycles. The van der Waals surface area contributed by atoms with Gasteiger partial charge in [-0.2, -0.15) is 0 Å². The Morgan fingerprint density at radius 3 is 2.92 bits per heavy atom. The molecule has 4 aromatic rings. The number of methoxy groups -OCH3 is 1. The van der Waals surface area contributed by atoms with Gasteiger partial charge in [-0.1, -0.05) is 6.07 Å². The van der Waals surface area contributed by atoms with Crippen molar-refractivity contribution >= 4 is 23.0 Å². The van der Waals surface area contributed by atoms with Gasteiger partial charge in [-0.3, -0.25) is 14.6 Å². The highest BCUT2D eigenvalue weighted by atomic mass is 19.1. The smallest absolute Gasteiger partial charge is 0.255 e. The van der Waals surface area contributed by atoms with Crippen LogP contribution in [0.25, 0.3) is 11.3 Å². The molecule has 0 atom stereocenters. The highest BCUT2D eigenvalue weighted by Gasteiger charge is 2.29. The Balaban J connectivity index is 1.59. The molecule has 10 nitrogen and oxygen atoms in total. The minimum atomic E-state index is -0.543. The van der Waals surface area contributed by atoms with Gasteiger partial charge in [0.1, 0.15) is 12.4 Å². The first-order chi connectivity index (χ1) is 17.5. The zero-order valence-electron chi connectivity index (χ0n) is 19.3. The zero-order chi connectivity index (χ0) is 25.2. The van der Waals surface area contributed by atoms with Crippen molar-refractivity contribution in [1.29, 1.82) is 0 Å². The Labute approximate surface area is 204 Å². The number of carbonyl (C=O) groups is 1. The number of nitrogens with one attached hydrogen (secondary N) is 4. The molecule has 11 heteroatoms. The van der Waals surface area contributed by atoms with Crippen LogP contribution in [0, 0.1) is 5.82 Å². The van der Waals surface area contributed by atoms with E-state index in [0.717, 1.165) is 5.69 Å². The number of hydrogen-bond acceptors (Lipinski definition) is 7. The molecular formula is C25H23FN6O4. The van der Waals surface area contributed by atoms with E-state index in [1.54, 1.807) is 24.4 Å². The number of aromatic amines is 2. The lowest BCUT2D eigenvalue weighted by Gasteiger charge is -2.17. The normalized spacial score (nSPS) is 12.6. The summed E-state index contributed by atoms with van der Waals surface area (Å²) < 4.78 is 25.6. The summed E-state index contributed by atoms with van der Waals surface area (Å²) >= 11 is 0. The lowest BCUT2D eigenvalue weighted by molar-refractivity contribution is 0.0947. The largest absolute Gasteiger partial charge is 0.492 e. The van der Waals surface area contributed by atoms with E-state index < -0.39 is 5.82 Å². The average Bonchev–Trinajstić information content (AvgIpc) is 3.24. The molecule has 6 N–H and O–H groups in total. The van der Waals surface area contributed by atoms with Crippen molar-refractivity contribution in [3.8, 4) is 22.8 Å². The van der Waals surface area contributed by atoms with Crippen molar-refractivity contribution in [3.63, 3.8) is 0 Å². The number of anilines is 3. The number of para-hydroxylation sites is 1. The number of pyridine rings is 2. The van der Waals surface area contributed by atoms with E-state index in [1.807, 2.05) is 0 Å². The minimum absolute atomic E-state index is 0.0155. The number of rotatable bonds is 7. The Bertz CT molecular complexity index is 1510. The van der Waals surface area contributed by atoms with Gasteiger partial charge >= 0.3 is 0 Å². The van der Waals surface area contributed by atoms with E-state index in [0.29, 0.717) is 52.5 Å². The molecule has 3 aromatic heterocycles. The van der Waals surface area contributed by atoms with Gasteiger partial charge in [0.2, 0.25) is 5.43 Å². The number of H-pyrrole nitrogens is 2. The van der Waals surface area contributed by atoms with E-state index >= 15 is 0 Å². The van der Waals surface area contributed by atoms with Gasteiger partial charge in [-0.15, -0.1) is 0 Å². The minimum Gasteiger partial charge on any atom is -0.492 e. The van der Waals surface area contributed by atoms with E-state index in [2.05, 4.69) is 25.6 Å². The third kappa shape index (κ3) is 4.11. The summed E-state index contributed by atoms with van der Waals surface area (Å²) in [6.07, 6.45) is 6.62. The number of ether oxygens (including phenoxy) is 2. The van der Waals surface area contributed by atoms with Crippen LogP contribution >= 0.6 is 0 Å². The molecule has 1 aliphatic rings. The molecule has 184 valence electrons. The summed E-state index contributed by atoms with van der Waals surface area (Å²) in [5.74, 6) is -0.424. The van der Waals surface area contributed by atoms with Crippen molar-refractivity contribution in [2.45, 2.75) is 13.0 Å². The fraction of sp³-hybridized carbons (Fsp3) is 0.160. The van der Waals surface area contributed by atoms with Crippen LogP contribution in [0.2, 0.25) is 0 Å². The molecule has 0 radical (unpaired) electrons. The predicted molar refractivity (Wildman–Crippen MR) is 132 cm³/mol. The second kappa shape index (κ2) is 9.45. The number of carbonyl (C=O) groups excluding carboxylic acids is 1. The quantitative estimate of drug-likeness (QED) is 0.267. The van der Waals surface area contributed by atoms with Gasteiger partial charge in [0.05, 0.1) is 47.2 Å². The van der Waals surface area contributed by atoms with Gasteiger partial charge < -0.3 is 35.8 Å². The van der Waals surface area contributed by atoms with Crippen LogP contribution < -0.4 is 31.3 Å². The number of hydrogen-bond donors (Lipinski definition) is 5. The van der Waals surface area contributed by atoms with Gasteiger partial charge in [0.15, 0.2) is 11.6 Å². The Kier molecular flexibility index (Phi) is 6.03. The summed E-state index contributed by atoms with van der Waals surface area (Å²) in [7, 11) is 1.37. The molecular weight excluding hydrogens is 467 g/mol. The summed E-state index contributed by atoms with van der Waals surface area (Å²) in [4.78, 5) is 35.5. The fourth-order valence-electron chi connectivity index (χ4n) is 4.17. The van der Waals surface area contributed by atoms with Crippen molar-refractivity contribution in [1.82, 2.24) is 20.3 Å². The van der Waals surface area contributed by atoms with Crippen LogP contribution in [-0.4, -0.2) is 34.5 Å². The first kappa shape index (κ1) is 23.0. The van der Waals surface area contributed by atoms with E-state index in [1.165, 1.54) is 31.8 Å². The number of nitrogens with two attached hydrogens (primary N) is 1. The van der Waals surface area contributed by atoms with Crippen LogP contribution in [0.5, 0.6) is 11.5 Å². The number of benzene rings is 1. The molecule has 0 saturated carbocycles. The standard InChI is InChI=1S/C25H23FN6O4/c1-35-24-15(26)3-2-4-18(24)32-22-20-17(6-8-30-25(20)34)31-21(22)14-5-7-28-11-19(14)36-12-13-9-29-10-16(27)23(13)33/h2-5,7,9-11,31-32H,6,8,12,27H2,1H3,(H,29,33)(H,30,34). The van der Waals surface area contributed by atoms with Gasteiger partial charge in [-0.05, 0) is 18.2 Å².